The fraction of sp³-hybridized carbons (Fsp3) is 0.583. The van der Waals surface area contributed by atoms with E-state index in [-0.39, 0.29) is 0 Å². The number of hydrogen-bond donors (Lipinski definition) is 1. The number of nitrogens with one attached hydrogen (secondary N) is 1. The van der Waals surface area contributed by atoms with Crippen LogP contribution in [0.15, 0.2) is 18.2 Å². The van der Waals surface area contributed by atoms with Crippen molar-refractivity contribution in [2.75, 3.05) is 0 Å². The molecule has 0 spiro atoms. The number of hydrogen-bond acceptors (Lipinski definition) is 2. The Bertz CT molecular complexity index is 309. The van der Waals surface area contributed by atoms with Gasteiger partial charge in [0.25, 0.3) is 0 Å². The van der Waals surface area contributed by atoms with Crippen molar-refractivity contribution in [2.45, 2.75) is 45.2 Å². The van der Waals surface area contributed by atoms with Crippen LogP contribution < -0.4 is 5.32 Å². The standard InChI is InChI=1S/C12H18N2/c1-9-5-3-7-11(13-9)12-8-4-6-10(2)14-12/h3,5,7,10,12,14H,4,6,8H2,1-2H3/t10-,12-/m1/s1. The Hall–Kier alpha value is -0.890. The summed E-state index contributed by atoms with van der Waals surface area (Å²) < 4.78 is 0. The van der Waals surface area contributed by atoms with Crippen LogP contribution in [0.4, 0.5) is 0 Å². The maximum Gasteiger partial charge on any atom is 0.0576 e. The maximum atomic E-state index is 4.57. The molecule has 2 heterocycles. The zero-order chi connectivity index (χ0) is 9.97. The van der Waals surface area contributed by atoms with Crippen molar-refractivity contribution < 1.29 is 0 Å². The summed E-state index contributed by atoms with van der Waals surface area (Å²) in [5.74, 6) is 0. The lowest BCUT2D eigenvalue weighted by atomic mass is 9.97. The van der Waals surface area contributed by atoms with E-state index in [2.05, 4.69) is 42.3 Å². The van der Waals surface area contributed by atoms with Gasteiger partial charge in [0.05, 0.1) is 5.69 Å². The van der Waals surface area contributed by atoms with Crippen molar-refractivity contribution in [3.8, 4) is 0 Å². The molecule has 2 heteroatoms. The van der Waals surface area contributed by atoms with Crippen LogP contribution in [0.1, 0.15) is 43.6 Å². The van der Waals surface area contributed by atoms with Gasteiger partial charge in [-0.3, -0.25) is 4.98 Å². The second kappa shape index (κ2) is 4.09. The Morgan fingerprint density at radius 1 is 1.36 bits per heavy atom. The third-order valence-corrected chi connectivity index (χ3v) is 2.88. The molecule has 0 radical (unpaired) electrons. The van der Waals surface area contributed by atoms with Crippen LogP contribution in [-0.4, -0.2) is 11.0 Å². The second-order valence-corrected chi connectivity index (χ2v) is 4.26. The molecule has 14 heavy (non-hydrogen) atoms. The molecule has 1 aromatic heterocycles. The number of aryl methyl sites for hydroxylation is 1. The Morgan fingerprint density at radius 2 is 2.21 bits per heavy atom. The highest BCUT2D eigenvalue weighted by molar-refractivity contribution is 5.14. The van der Waals surface area contributed by atoms with Gasteiger partial charge in [-0.1, -0.05) is 6.07 Å². The van der Waals surface area contributed by atoms with E-state index in [0.717, 1.165) is 5.69 Å². The average molecular weight is 190 g/mol. The van der Waals surface area contributed by atoms with Crippen molar-refractivity contribution in [2.24, 2.45) is 0 Å². The maximum absolute atomic E-state index is 4.57. The fourth-order valence-electron chi connectivity index (χ4n) is 2.13. The first-order valence-corrected chi connectivity index (χ1v) is 5.45. The van der Waals surface area contributed by atoms with Gasteiger partial charge in [-0.2, -0.15) is 0 Å². The summed E-state index contributed by atoms with van der Waals surface area (Å²) in [4.78, 5) is 4.57. The molecular weight excluding hydrogens is 172 g/mol. The number of pyridine rings is 1. The first-order valence-electron chi connectivity index (χ1n) is 5.45. The number of nitrogens with zero attached hydrogens (tertiary/aromatic N) is 1. The van der Waals surface area contributed by atoms with E-state index in [1.165, 1.54) is 25.0 Å². The van der Waals surface area contributed by atoms with Crippen LogP contribution in [-0.2, 0) is 0 Å². The first kappa shape index (κ1) is 9.66. The monoisotopic (exact) mass is 190 g/mol. The van der Waals surface area contributed by atoms with Crippen LogP contribution in [0.3, 0.4) is 0 Å². The zero-order valence-corrected chi connectivity index (χ0v) is 8.96. The molecule has 2 nitrogen and oxygen atoms in total. The summed E-state index contributed by atoms with van der Waals surface area (Å²) in [6, 6.07) is 7.38. The minimum Gasteiger partial charge on any atom is -0.306 e. The van der Waals surface area contributed by atoms with Crippen molar-refractivity contribution in [3.63, 3.8) is 0 Å². The summed E-state index contributed by atoms with van der Waals surface area (Å²) in [7, 11) is 0. The van der Waals surface area contributed by atoms with Crippen LogP contribution in [0.5, 0.6) is 0 Å². The number of piperidine rings is 1. The van der Waals surface area contributed by atoms with E-state index in [4.69, 9.17) is 0 Å². The molecule has 0 aromatic carbocycles. The Labute approximate surface area is 85.7 Å². The molecule has 0 saturated carbocycles. The smallest absolute Gasteiger partial charge is 0.0576 e. The third kappa shape index (κ3) is 2.13. The zero-order valence-electron chi connectivity index (χ0n) is 8.96. The lowest BCUT2D eigenvalue weighted by Gasteiger charge is -2.28. The van der Waals surface area contributed by atoms with Gasteiger partial charge in [0.2, 0.25) is 0 Å². The quantitative estimate of drug-likeness (QED) is 0.736. The minimum atomic E-state index is 0.471. The second-order valence-electron chi connectivity index (χ2n) is 4.26. The molecule has 0 unspecified atom stereocenters. The molecule has 1 fully saturated rings. The van der Waals surface area contributed by atoms with Gasteiger partial charge in [-0.25, -0.2) is 0 Å². The van der Waals surface area contributed by atoms with Gasteiger partial charge in [-0.05, 0) is 45.2 Å². The summed E-state index contributed by atoms with van der Waals surface area (Å²) in [5, 5.41) is 3.60. The molecule has 76 valence electrons. The highest BCUT2D eigenvalue weighted by Gasteiger charge is 2.19. The fourth-order valence-corrected chi connectivity index (χ4v) is 2.13. The van der Waals surface area contributed by atoms with Gasteiger partial charge in [0.1, 0.15) is 0 Å². The summed E-state index contributed by atoms with van der Waals surface area (Å²) in [6.45, 7) is 4.30. The number of aromatic nitrogens is 1. The van der Waals surface area contributed by atoms with E-state index in [1.807, 2.05) is 0 Å². The van der Waals surface area contributed by atoms with Gasteiger partial charge < -0.3 is 5.32 Å². The number of rotatable bonds is 1. The van der Waals surface area contributed by atoms with Gasteiger partial charge in [-0.15, -0.1) is 0 Å². The Balaban J connectivity index is 2.14. The molecule has 1 saturated heterocycles. The van der Waals surface area contributed by atoms with E-state index >= 15 is 0 Å². The van der Waals surface area contributed by atoms with Gasteiger partial charge in [0, 0.05) is 17.8 Å². The average Bonchev–Trinajstić information content (AvgIpc) is 2.18. The molecule has 2 rings (SSSR count). The van der Waals surface area contributed by atoms with Crippen LogP contribution >= 0.6 is 0 Å². The molecule has 1 N–H and O–H groups in total. The van der Waals surface area contributed by atoms with Crippen molar-refractivity contribution in [1.82, 2.24) is 10.3 Å². The van der Waals surface area contributed by atoms with Crippen LogP contribution in [0.2, 0.25) is 0 Å². The highest BCUT2D eigenvalue weighted by atomic mass is 15.0. The van der Waals surface area contributed by atoms with Crippen molar-refractivity contribution >= 4 is 0 Å². The van der Waals surface area contributed by atoms with Crippen molar-refractivity contribution in [1.29, 1.82) is 0 Å². The predicted octanol–water partition coefficient (Wildman–Crippen LogP) is 2.59. The first-order chi connectivity index (χ1) is 6.75. The molecule has 0 amide bonds. The lowest BCUT2D eigenvalue weighted by Crippen LogP contribution is -2.35. The molecule has 2 atom stereocenters. The van der Waals surface area contributed by atoms with E-state index in [0.29, 0.717) is 12.1 Å². The summed E-state index contributed by atoms with van der Waals surface area (Å²) in [6.07, 6.45) is 3.83. The van der Waals surface area contributed by atoms with E-state index in [1.54, 1.807) is 0 Å². The Morgan fingerprint density at radius 3 is 2.93 bits per heavy atom. The Kier molecular flexibility index (Phi) is 2.82. The molecule has 1 aliphatic heterocycles. The molecule has 0 bridgehead atoms. The molecular formula is C12H18N2. The normalized spacial score (nSPS) is 27.6. The van der Waals surface area contributed by atoms with E-state index < -0.39 is 0 Å². The van der Waals surface area contributed by atoms with Crippen LogP contribution in [0.25, 0.3) is 0 Å². The topological polar surface area (TPSA) is 24.9 Å². The van der Waals surface area contributed by atoms with Crippen molar-refractivity contribution in [3.05, 3.63) is 29.6 Å². The van der Waals surface area contributed by atoms with Gasteiger partial charge in [0.15, 0.2) is 0 Å². The summed E-state index contributed by atoms with van der Waals surface area (Å²) >= 11 is 0. The SMILES string of the molecule is Cc1cccc([C@H]2CCC[C@@H](C)N2)n1. The molecule has 1 aliphatic rings. The highest BCUT2D eigenvalue weighted by Crippen LogP contribution is 2.23. The predicted molar refractivity (Wildman–Crippen MR) is 58.2 cm³/mol. The van der Waals surface area contributed by atoms with Crippen LogP contribution in [0, 0.1) is 6.92 Å². The van der Waals surface area contributed by atoms with Gasteiger partial charge >= 0.3 is 0 Å². The molecule has 1 aromatic rings. The molecule has 0 aliphatic carbocycles. The summed E-state index contributed by atoms with van der Waals surface area (Å²) in [5.41, 5.74) is 2.32. The lowest BCUT2D eigenvalue weighted by molar-refractivity contribution is 0.336. The third-order valence-electron chi connectivity index (χ3n) is 2.88. The minimum absolute atomic E-state index is 0.471. The largest absolute Gasteiger partial charge is 0.306 e. The van der Waals surface area contributed by atoms with E-state index in [9.17, 15) is 0 Å².